The lowest BCUT2D eigenvalue weighted by molar-refractivity contribution is 0.232. The second-order valence-corrected chi connectivity index (χ2v) is 5.21. The summed E-state index contributed by atoms with van der Waals surface area (Å²) in [6, 6.07) is 0.762. The van der Waals surface area contributed by atoms with Crippen LogP contribution in [0, 0.1) is 6.92 Å². The molecule has 0 radical (unpaired) electrons. The predicted octanol–water partition coefficient (Wildman–Crippen LogP) is 2.67. The van der Waals surface area contributed by atoms with Crippen LogP contribution in [-0.2, 0) is 6.54 Å². The van der Waals surface area contributed by atoms with E-state index < -0.39 is 0 Å². The molecule has 96 valence electrons. The van der Waals surface area contributed by atoms with Crippen LogP contribution < -0.4 is 0 Å². The topological polar surface area (TPSA) is 21.1 Å². The van der Waals surface area contributed by atoms with Gasteiger partial charge in [0.05, 0.1) is 0 Å². The zero-order valence-corrected chi connectivity index (χ0v) is 11.4. The minimum Gasteiger partial charge on any atom is -0.334 e. The molecule has 0 aliphatic carbocycles. The maximum Gasteiger partial charge on any atom is 0.105 e. The van der Waals surface area contributed by atoms with Gasteiger partial charge in [-0.15, -0.1) is 11.6 Å². The zero-order chi connectivity index (χ0) is 12.1. The van der Waals surface area contributed by atoms with Gasteiger partial charge >= 0.3 is 0 Å². The highest BCUT2D eigenvalue weighted by Gasteiger charge is 2.23. The molecule has 1 aromatic rings. The number of likely N-dealkylation sites (tertiary alicyclic amines) is 1. The second kappa shape index (κ2) is 6.41. The summed E-state index contributed by atoms with van der Waals surface area (Å²) in [6.45, 7) is 5.52. The molecular weight excluding hydrogens is 234 g/mol. The number of nitrogens with zero attached hydrogens (tertiary/aromatic N) is 3. The minimum atomic E-state index is 0.762. The van der Waals surface area contributed by atoms with Gasteiger partial charge in [-0.25, -0.2) is 4.98 Å². The van der Waals surface area contributed by atoms with Crippen molar-refractivity contribution in [3.05, 3.63) is 18.2 Å². The van der Waals surface area contributed by atoms with E-state index in [4.69, 9.17) is 11.6 Å². The molecule has 1 aliphatic rings. The summed E-state index contributed by atoms with van der Waals surface area (Å²) < 4.78 is 2.23. The molecule has 1 unspecified atom stereocenters. The molecule has 17 heavy (non-hydrogen) atoms. The molecule has 4 heteroatoms. The Kier molecular flexibility index (Phi) is 4.86. The van der Waals surface area contributed by atoms with Gasteiger partial charge in [0.15, 0.2) is 0 Å². The minimum absolute atomic E-state index is 0.762. The SMILES string of the molecule is Cc1nccn1CCN1CCCC1CCCCl. The summed E-state index contributed by atoms with van der Waals surface area (Å²) >= 11 is 5.78. The van der Waals surface area contributed by atoms with Crippen LogP contribution in [0.15, 0.2) is 12.4 Å². The van der Waals surface area contributed by atoms with E-state index in [1.807, 2.05) is 6.20 Å². The van der Waals surface area contributed by atoms with E-state index >= 15 is 0 Å². The fourth-order valence-electron chi connectivity index (χ4n) is 2.71. The lowest BCUT2D eigenvalue weighted by Gasteiger charge is -2.24. The van der Waals surface area contributed by atoms with Crippen LogP contribution in [0.3, 0.4) is 0 Å². The smallest absolute Gasteiger partial charge is 0.105 e. The maximum atomic E-state index is 5.78. The monoisotopic (exact) mass is 255 g/mol. The Labute approximate surface area is 109 Å². The third-order valence-electron chi connectivity index (χ3n) is 3.72. The second-order valence-electron chi connectivity index (χ2n) is 4.83. The van der Waals surface area contributed by atoms with Crippen LogP contribution in [0.25, 0.3) is 0 Å². The molecule has 0 amide bonds. The summed E-state index contributed by atoms with van der Waals surface area (Å²) in [7, 11) is 0. The van der Waals surface area contributed by atoms with Crippen molar-refractivity contribution in [2.45, 2.75) is 45.2 Å². The molecule has 0 bridgehead atoms. The molecule has 0 saturated carbocycles. The molecule has 1 aromatic heterocycles. The lowest BCUT2D eigenvalue weighted by atomic mass is 10.1. The highest BCUT2D eigenvalue weighted by Crippen LogP contribution is 2.21. The number of imidazole rings is 1. The van der Waals surface area contributed by atoms with Gasteiger partial charge in [0, 0.05) is 37.4 Å². The Bertz CT molecular complexity index is 337. The number of halogens is 1. The van der Waals surface area contributed by atoms with Crippen molar-refractivity contribution < 1.29 is 0 Å². The molecular formula is C13H22ClN3. The molecule has 0 N–H and O–H groups in total. The van der Waals surface area contributed by atoms with Crippen LogP contribution in [-0.4, -0.2) is 39.5 Å². The van der Waals surface area contributed by atoms with Gasteiger partial charge in [-0.3, -0.25) is 4.90 Å². The molecule has 0 aromatic carbocycles. The van der Waals surface area contributed by atoms with E-state index in [1.54, 1.807) is 0 Å². The van der Waals surface area contributed by atoms with E-state index in [2.05, 4.69) is 27.6 Å². The van der Waals surface area contributed by atoms with Gasteiger partial charge in [-0.05, 0) is 39.2 Å². The van der Waals surface area contributed by atoms with E-state index in [-0.39, 0.29) is 0 Å². The third kappa shape index (κ3) is 3.46. The normalized spacial score (nSPS) is 21.2. The fraction of sp³-hybridized carbons (Fsp3) is 0.769. The number of rotatable bonds is 6. The zero-order valence-electron chi connectivity index (χ0n) is 10.6. The van der Waals surface area contributed by atoms with Gasteiger partial charge in [-0.1, -0.05) is 0 Å². The van der Waals surface area contributed by atoms with Crippen molar-refractivity contribution in [2.75, 3.05) is 19.0 Å². The average molecular weight is 256 g/mol. The standard InChI is InChI=1S/C13H22ClN3/c1-12-15-7-9-16(12)10-11-17-8-3-5-13(17)4-2-6-14/h7,9,13H,2-6,8,10-11H2,1H3. The van der Waals surface area contributed by atoms with Gasteiger partial charge in [0.2, 0.25) is 0 Å². The highest BCUT2D eigenvalue weighted by molar-refractivity contribution is 6.17. The first kappa shape index (κ1) is 12.9. The number of hydrogen-bond donors (Lipinski definition) is 0. The summed E-state index contributed by atoms with van der Waals surface area (Å²) in [6.07, 6.45) is 9.04. The average Bonchev–Trinajstić information content (AvgIpc) is 2.93. The van der Waals surface area contributed by atoms with E-state index in [1.165, 1.54) is 25.8 Å². The van der Waals surface area contributed by atoms with Crippen molar-refractivity contribution in [2.24, 2.45) is 0 Å². The lowest BCUT2D eigenvalue weighted by Crippen LogP contribution is -2.32. The largest absolute Gasteiger partial charge is 0.334 e. The van der Waals surface area contributed by atoms with Crippen molar-refractivity contribution in [3.8, 4) is 0 Å². The maximum absolute atomic E-state index is 5.78. The van der Waals surface area contributed by atoms with Crippen LogP contribution in [0.2, 0.25) is 0 Å². The first-order valence-electron chi connectivity index (χ1n) is 6.59. The molecule has 1 saturated heterocycles. The fourth-order valence-corrected chi connectivity index (χ4v) is 2.86. The summed E-state index contributed by atoms with van der Waals surface area (Å²) in [5, 5.41) is 0. The number of hydrogen-bond acceptors (Lipinski definition) is 2. The van der Waals surface area contributed by atoms with Gasteiger partial charge in [0.25, 0.3) is 0 Å². The number of aromatic nitrogens is 2. The molecule has 2 heterocycles. The van der Waals surface area contributed by atoms with Crippen molar-refractivity contribution in [1.29, 1.82) is 0 Å². The predicted molar refractivity (Wildman–Crippen MR) is 71.5 cm³/mol. The van der Waals surface area contributed by atoms with Crippen LogP contribution >= 0.6 is 11.6 Å². The summed E-state index contributed by atoms with van der Waals surface area (Å²) in [4.78, 5) is 6.87. The van der Waals surface area contributed by atoms with Gasteiger partial charge in [-0.2, -0.15) is 0 Å². The van der Waals surface area contributed by atoms with Gasteiger partial charge in [0.1, 0.15) is 5.82 Å². The molecule has 2 rings (SSSR count). The van der Waals surface area contributed by atoms with E-state index in [0.29, 0.717) is 0 Å². The van der Waals surface area contributed by atoms with Crippen molar-refractivity contribution in [1.82, 2.24) is 14.5 Å². The third-order valence-corrected chi connectivity index (χ3v) is 3.99. The Morgan fingerprint density at radius 2 is 2.35 bits per heavy atom. The Morgan fingerprint density at radius 3 is 3.06 bits per heavy atom. The summed E-state index contributed by atoms with van der Waals surface area (Å²) in [5.74, 6) is 1.91. The van der Waals surface area contributed by atoms with Crippen molar-refractivity contribution in [3.63, 3.8) is 0 Å². The van der Waals surface area contributed by atoms with Crippen molar-refractivity contribution >= 4 is 11.6 Å². The van der Waals surface area contributed by atoms with E-state index in [9.17, 15) is 0 Å². The molecule has 0 spiro atoms. The quantitative estimate of drug-likeness (QED) is 0.729. The van der Waals surface area contributed by atoms with Crippen LogP contribution in [0.1, 0.15) is 31.5 Å². The Balaban J connectivity index is 1.80. The first-order valence-corrected chi connectivity index (χ1v) is 7.12. The first-order chi connectivity index (χ1) is 8.31. The Morgan fingerprint density at radius 1 is 1.47 bits per heavy atom. The molecule has 1 fully saturated rings. The van der Waals surface area contributed by atoms with E-state index in [0.717, 1.165) is 37.3 Å². The summed E-state index contributed by atoms with van der Waals surface area (Å²) in [5.41, 5.74) is 0. The molecule has 1 atom stereocenters. The highest BCUT2D eigenvalue weighted by atomic mass is 35.5. The number of aryl methyl sites for hydroxylation is 1. The molecule has 1 aliphatic heterocycles. The Hall–Kier alpha value is -0.540. The molecule has 3 nitrogen and oxygen atoms in total. The van der Waals surface area contributed by atoms with Gasteiger partial charge < -0.3 is 4.57 Å². The van der Waals surface area contributed by atoms with Crippen LogP contribution in [0.4, 0.5) is 0 Å². The van der Waals surface area contributed by atoms with Crippen LogP contribution in [0.5, 0.6) is 0 Å². The number of alkyl halides is 1.